The van der Waals surface area contributed by atoms with Gasteiger partial charge in [-0.05, 0) is 28.8 Å². The molecule has 19 heavy (non-hydrogen) atoms. The lowest BCUT2D eigenvalue weighted by Crippen LogP contribution is -2.07. The topological polar surface area (TPSA) is 79.4 Å². The fraction of sp³-hybridized carbons (Fsp3) is 0.500. The van der Waals surface area contributed by atoms with Crippen LogP contribution in [-0.4, -0.2) is 31.9 Å². The van der Waals surface area contributed by atoms with Crippen molar-refractivity contribution < 1.29 is 0 Å². The molecule has 6 nitrogen and oxygen atoms in total. The molecule has 0 aliphatic carbocycles. The lowest BCUT2D eigenvalue weighted by atomic mass is 10.2. The molecule has 7 heteroatoms. The molecule has 2 rings (SSSR count). The summed E-state index contributed by atoms with van der Waals surface area (Å²) >= 11 is 3.58. The minimum atomic E-state index is 0.596. The van der Waals surface area contributed by atoms with Crippen LogP contribution in [0.15, 0.2) is 10.7 Å². The molecule has 0 unspecified atom stereocenters. The zero-order valence-corrected chi connectivity index (χ0v) is 12.7. The summed E-state index contributed by atoms with van der Waals surface area (Å²) in [7, 11) is 0. The molecule has 0 fully saturated rings. The molecule has 2 aromatic rings. The first-order valence-electron chi connectivity index (χ1n) is 6.42. The quantitative estimate of drug-likeness (QED) is 0.854. The fourth-order valence-electron chi connectivity index (χ4n) is 1.68. The first kappa shape index (κ1) is 13.9. The summed E-state index contributed by atoms with van der Waals surface area (Å²) in [4.78, 5) is 9.06. The molecule has 2 aromatic heterocycles. The third-order valence-electron chi connectivity index (χ3n) is 2.59. The Kier molecular flexibility index (Phi) is 4.84. The summed E-state index contributed by atoms with van der Waals surface area (Å²) < 4.78 is 0.940. The summed E-state index contributed by atoms with van der Waals surface area (Å²) in [6, 6.07) is 0. The highest BCUT2D eigenvalue weighted by molar-refractivity contribution is 9.10. The van der Waals surface area contributed by atoms with E-state index in [2.05, 4.69) is 60.5 Å². The van der Waals surface area contributed by atoms with Gasteiger partial charge in [-0.2, -0.15) is 15.4 Å². The number of aromatic amines is 1. The van der Waals surface area contributed by atoms with Gasteiger partial charge in [-0.3, -0.25) is 0 Å². The van der Waals surface area contributed by atoms with Crippen LogP contribution >= 0.6 is 15.9 Å². The maximum Gasteiger partial charge on any atom is 0.184 e. The number of aryl methyl sites for hydroxylation is 1. The number of nitrogens with zero attached hydrogens (tertiary/aromatic N) is 4. The molecule has 0 spiro atoms. The summed E-state index contributed by atoms with van der Waals surface area (Å²) in [6.07, 6.45) is 4.59. The molecule has 0 aliphatic heterocycles. The van der Waals surface area contributed by atoms with Gasteiger partial charge >= 0.3 is 0 Å². The normalized spacial score (nSPS) is 10.7. The van der Waals surface area contributed by atoms with E-state index in [1.165, 1.54) is 0 Å². The Labute approximate surface area is 120 Å². The van der Waals surface area contributed by atoms with Gasteiger partial charge in [0.1, 0.15) is 11.5 Å². The molecule has 0 aliphatic rings. The van der Waals surface area contributed by atoms with Crippen molar-refractivity contribution in [3.05, 3.63) is 16.4 Å². The largest absolute Gasteiger partial charge is 0.369 e. The van der Waals surface area contributed by atoms with E-state index in [4.69, 9.17) is 0 Å². The first-order chi connectivity index (χ1) is 9.26. The van der Waals surface area contributed by atoms with Crippen LogP contribution in [0.25, 0.3) is 11.5 Å². The van der Waals surface area contributed by atoms with Crippen molar-refractivity contribution in [3.8, 4) is 11.5 Å². The Morgan fingerprint density at radius 3 is 2.74 bits per heavy atom. The highest BCUT2D eigenvalue weighted by atomic mass is 79.9. The van der Waals surface area contributed by atoms with E-state index < -0.39 is 0 Å². The molecule has 102 valence electrons. The minimum Gasteiger partial charge on any atom is -0.369 e. The Balaban J connectivity index is 2.41. The number of aromatic nitrogens is 5. The third-order valence-corrected chi connectivity index (χ3v) is 3.43. The Hall–Kier alpha value is -1.50. The van der Waals surface area contributed by atoms with E-state index in [1.54, 1.807) is 6.20 Å². The van der Waals surface area contributed by atoms with Crippen LogP contribution in [0.4, 0.5) is 5.82 Å². The van der Waals surface area contributed by atoms with E-state index in [0.29, 0.717) is 11.5 Å². The highest BCUT2D eigenvalue weighted by Crippen LogP contribution is 2.27. The van der Waals surface area contributed by atoms with Gasteiger partial charge < -0.3 is 5.32 Å². The average Bonchev–Trinajstić information content (AvgIpc) is 2.94. The van der Waals surface area contributed by atoms with E-state index in [0.717, 1.165) is 41.8 Å². The third kappa shape index (κ3) is 3.28. The van der Waals surface area contributed by atoms with Crippen molar-refractivity contribution in [2.24, 2.45) is 0 Å². The maximum absolute atomic E-state index is 4.55. The molecule has 0 bridgehead atoms. The summed E-state index contributed by atoms with van der Waals surface area (Å²) in [5.74, 6) is 1.41. The van der Waals surface area contributed by atoms with Gasteiger partial charge in [-0.1, -0.05) is 20.3 Å². The number of hydrogen-bond donors (Lipinski definition) is 2. The molecule has 2 N–H and O–H groups in total. The molecular weight excluding hydrogens is 308 g/mol. The predicted octanol–water partition coefficient (Wildman–Crippen LogP) is 2.80. The van der Waals surface area contributed by atoms with Gasteiger partial charge in [0.25, 0.3) is 0 Å². The minimum absolute atomic E-state index is 0.596. The molecule has 0 atom stereocenters. The fourth-order valence-corrected chi connectivity index (χ4v) is 2.20. The predicted molar refractivity (Wildman–Crippen MR) is 77.9 cm³/mol. The first-order valence-corrected chi connectivity index (χ1v) is 7.22. The van der Waals surface area contributed by atoms with E-state index >= 15 is 0 Å². The number of H-pyrrole nitrogens is 1. The Bertz CT molecular complexity index is 525. The smallest absolute Gasteiger partial charge is 0.184 e. The average molecular weight is 325 g/mol. The molecule has 0 amide bonds. The summed E-state index contributed by atoms with van der Waals surface area (Å²) in [5, 5.41) is 13.7. The van der Waals surface area contributed by atoms with Crippen LogP contribution in [0.3, 0.4) is 0 Å². The van der Waals surface area contributed by atoms with Crippen LogP contribution in [0, 0.1) is 0 Å². The van der Waals surface area contributed by atoms with Crippen LogP contribution in [0.1, 0.15) is 32.4 Å². The number of rotatable bonds is 6. The summed E-state index contributed by atoms with van der Waals surface area (Å²) in [6.45, 7) is 5.12. The van der Waals surface area contributed by atoms with Gasteiger partial charge in [0, 0.05) is 6.54 Å². The standard InChI is InChI=1S/C12H17BrN6/c1-3-5-8-10(13)12(14-6-4-2)17-11(16-8)9-7-15-19-18-9/h7H,3-6H2,1-2H3,(H,14,16,17)(H,15,18,19). The van der Waals surface area contributed by atoms with Crippen molar-refractivity contribution in [2.45, 2.75) is 33.1 Å². The van der Waals surface area contributed by atoms with Crippen LogP contribution in [0.2, 0.25) is 0 Å². The van der Waals surface area contributed by atoms with Gasteiger partial charge in [-0.25, -0.2) is 9.97 Å². The van der Waals surface area contributed by atoms with Crippen molar-refractivity contribution >= 4 is 21.7 Å². The number of hydrogen-bond acceptors (Lipinski definition) is 5. The second-order valence-corrected chi connectivity index (χ2v) is 4.98. The molecular formula is C12H17BrN6. The molecule has 0 saturated heterocycles. The second kappa shape index (κ2) is 6.60. The Morgan fingerprint density at radius 2 is 2.11 bits per heavy atom. The van der Waals surface area contributed by atoms with Crippen LogP contribution in [-0.2, 0) is 6.42 Å². The SMILES string of the molecule is CCCNc1nc(-c2cn[nH]n2)nc(CCC)c1Br. The second-order valence-electron chi connectivity index (χ2n) is 4.19. The van der Waals surface area contributed by atoms with Crippen molar-refractivity contribution in [1.29, 1.82) is 0 Å². The number of nitrogens with one attached hydrogen (secondary N) is 2. The monoisotopic (exact) mass is 324 g/mol. The zero-order chi connectivity index (χ0) is 13.7. The van der Waals surface area contributed by atoms with Gasteiger partial charge in [0.05, 0.1) is 16.4 Å². The van der Waals surface area contributed by atoms with Gasteiger partial charge in [0.2, 0.25) is 0 Å². The van der Waals surface area contributed by atoms with Crippen molar-refractivity contribution in [3.63, 3.8) is 0 Å². The van der Waals surface area contributed by atoms with Crippen LogP contribution < -0.4 is 5.32 Å². The lowest BCUT2D eigenvalue weighted by Gasteiger charge is -2.11. The number of anilines is 1. The number of halogens is 1. The zero-order valence-electron chi connectivity index (χ0n) is 11.1. The summed E-state index contributed by atoms with van der Waals surface area (Å²) in [5.41, 5.74) is 1.65. The van der Waals surface area contributed by atoms with Gasteiger partial charge in [-0.15, -0.1) is 0 Å². The molecule has 2 heterocycles. The van der Waals surface area contributed by atoms with Crippen LogP contribution in [0.5, 0.6) is 0 Å². The maximum atomic E-state index is 4.55. The van der Waals surface area contributed by atoms with Crippen molar-refractivity contribution in [1.82, 2.24) is 25.4 Å². The Morgan fingerprint density at radius 1 is 1.26 bits per heavy atom. The molecule has 0 radical (unpaired) electrons. The van der Waals surface area contributed by atoms with E-state index in [9.17, 15) is 0 Å². The molecule has 0 saturated carbocycles. The molecule has 0 aromatic carbocycles. The van der Waals surface area contributed by atoms with Crippen molar-refractivity contribution in [2.75, 3.05) is 11.9 Å². The van der Waals surface area contributed by atoms with Gasteiger partial charge in [0.15, 0.2) is 5.82 Å². The van der Waals surface area contributed by atoms with E-state index in [-0.39, 0.29) is 0 Å². The highest BCUT2D eigenvalue weighted by Gasteiger charge is 2.14. The lowest BCUT2D eigenvalue weighted by molar-refractivity contribution is 0.862. The van der Waals surface area contributed by atoms with E-state index in [1.807, 2.05) is 0 Å².